The van der Waals surface area contributed by atoms with Crippen molar-refractivity contribution in [3.63, 3.8) is 0 Å². The Morgan fingerprint density at radius 1 is 1.47 bits per heavy atom. The normalized spacial score (nSPS) is 15.3. The van der Waals surface area contributed by atoms with Crippen LogP contribution in [0.2, 0.25) is 0 Å². The summed E-state index contributed by atoms with van der Waals surface area (Å²) in [4.78, 5) is 1.27. The number of hydrogen-bond donors (Lipinski definition) is 2. The lowest BCUT2D eigenvalue weighted by Gasteiger charge is -2.03. The van der Waals surface area contributed by atoms with Crippen molar-refractivity contribution < 1.29 is 0 Å². The highest BCUT2D eigenvalue weighted by atomic mass is 32.1. The quantitative estimate of drug-likeness (QED) is 0.770. The molecule has 0 aromatic carbocycles. The lowest BCUT2D eigenvalue weighted by molar-refractivity contribution is 0.613. The van der Waals surface area contributed by atoms with E-state index in [0.29, 0.717) is 0 Å². The Hall–Kier alpha value is -1.13. The molecule has 0 spiro atoms. The van der Waals surface area contributed by atoms with Gasteiger partial charge in [0.2, 0.25) is 0 Å². The van der Waals surface area contributed by atoms with Gasteiger partial charge in [0.25, 0.3) is 0 Å². The van der Waals surface area contributed by atoms with Gasteiger partial charge in [-0.3, -0.25) is 5.10 Å². The molecule has 3 rings (SSSR count). The molecule has 0 bridgehead atoms. The summed E-state index contributed by atoms with van der Waals surface area (Å²) in [6.07, 6.45) is 6.13. The van der Waals surface area contributed by atoms with Gasteiger partial charge >= 0.3 is 0 Å². The van der Waals surface area contributed by atoms with Crippen molar-refractivity contribution in [3.8, 4) is 10.6 Å². The number of hydrogen-bond acceptors (Lipinski definition) is 3. The molecule has 0 radical (unpaired) electrons. The van der Waals surface area contributed by atoms with E-state index in [1.807, 2.05) is 6.20 Å². The highest BCUT2D eigenvalue weighted by Gasteiger charge is 2.20. The molecule has 0 aliphatic heterocycles. The van der Waals surface area contributed by atoms with E-state index < -0.39 is 0 Å². The van der Waals surface area contributed by atoms with Crippen LogP contribution in [0.3, 0.4) is 0 Å². The fraction of sp³-hybridized carbons (Fsp3) is 0.462. The third kappa shape index (κ3) is 2.76. The average Bonchev–Trinajstić information content (AvgIpc) is 2.82. The Balaban J connectivity index is 1.57. The molecule has 2 aromatic heterocycles. The molecule has 1 aliphatic carbocycles. The maximum Gasteiger partial charge on any atom is 0.0794 e. The van der Waals surface area contributed by atoms with Gasteiger partial charge in [-0.25, -0.2) is 0 Å². The summed E-state index contributed by atoms with van der Waals surface area (Å²) in [7, 11) is 0. The van der Waals surface area contributed by atoms with Gasteiger partial charge in [-0.15, -0.1) is 11.3 Å². The van der Waals surface area contributed by atoms with Crippen LogP contribution in [0.25, 0.3) is 10.6 Å². The average molecular weight is 247 g/mol. The van der Waals surface area contributed by atoms with Crippen molar-refractivity contribution in [3.05, 3.63) is 29.3 Å². The zero-order valence-corrected chi connectivity index (χ0v) is 10.6. The minimum absolute atomic E-state index is 0.913. The van der Waals surface area contributed by atoms with Gasteiger partial charge in [-0.05, 0) is 30.3 Å². The van der Waals surface area contributed by atoms with Gasteiger partial charge < -0.3 is 5.32 Å². The number of H-pyrrole nitrogens is 1. The van der Waals surface area contributed by atoms with E-state index in [4.69, 9.17) is 0 Å². The van der Waals surface area contributed by atoms with Gasteiger partial charge in [0, 0.05) is 12.1 Å². The van der Waals surface area contributed by atoms with E-state index in [1.54, 1.807) is 11.3 Å². The van der Waals surface area contributed by atoms with Crippen molar-refractivity contribution in [2.45, 2.75) is 25.8 Å². The first-order valence-electron chi connectivity index (χ1n) is 6.20. The van der Waals surface area contributed by atoms with Crippen molar-refractivity contribution in [1.82, 2.24) is 15.5 Å². The number of rotatable bonds is 6. The van der Waals surface area contributed by atoms with Crippen molar-refractivity contribution in [1.29, 1.82) is 0 Å². The maximum absolute atomic E-state index is 4.15. The van der Waals surface area contributed by atoms with E-state index in [2.05, 4.69) is 33.0 Å². The molecule has 3 nitrogen and oxygen atoms in total. The zero-order chi connectivity index (χ0) is 11.5. The van der Waals surface area contributed by atoms with Crippen LogP contribution in [0.5, 0.6) is 0 Å². The molecule has 90 valence electrons. The summed E-state index contributed by atoms with van der Waals surface area (Å²) in [5, 5.41) is 12.8. The highest BCUT2D eigenvalue weighted by molar-refractivity contribution is 7.13. The standard InChI is InChI=1S/C13H17N3S/c1-2-12(17-7-1)13-11(9-15-16-13)8-14-6-5-10-3-4-10/h1-2,7,9-10,14H,3-6,8H2,(H,15,16). The second kappa shape index (κ2) is 5.02. The molecule has 0 atom stereocenters. The van der Waals surface area contributed by atoms with Crippen LogP contribution in [0.1, 0.15) is 24.8 Å². The third-order valence-electron chi connectivity index (χ3n) is 3.23. The van der Waals surface area contributed by atoms with Crippen LogP contribution >= 0.6 is 11.3 Å². The fourth-order valence-electron chi connectivity index (χ4n) is 2.02. The molecule has 1 fully saturated rings. The van der Waals surface area contributed by atoms with Crippen LogP contribution in [0.4, 0.5) is 0 Å². The number of nitrogens with zero attached hydrogens (tertiary/aromatic N) is 1. The first-order chi connectivity index (χ1) is 8.43. The number of aromatic amines is 1. The highest BCUT2D eigenvalue weighted by Crippen LogP contribution is 2.31. The van der Waals surface area contributed by atoms with E-state index in [9.17, 15) is 0 Å². The van der Waals surface area contributed by atoms with E-state index in [-0.39, 0.29) is 0 Å². The maximum atomic E-state index is 4.15. The van der Waals surface area contributed by atoms with Gasteiger partial charge in [-0.1, -0.05) is 18.9 Å². The van der Waals surface area contributed by atoms with Crippen LogP contribution in [0, 0.1) is 5.92 Å². The summed E-state index contributed by atoms with van der Waals surface area (Å²) in [5.74, 6) is 1.00. The molecule has 0 amide bonds. The molecule has 1 aliphatic rings. The topological polar surface area (TPSA) is 40.7 Å². The Morgan fingerprint density at radius 3 is 3.18 bits per heavy atom. The Kier molecular flexibility index (Phi) is 3.25. The third-order valence-corrected chi connectivity index (χ3v) is 4.11. The second-order valence-corrected chi connectivity index (χ2v) is 5.60. The molecule has 2 N–H and O–H groups in total. The van der Waals surface area contributed by atoms with Crippen LogP contribution in [-0.4, -0.2) is 16.7 Å². The van der Waals surface area contributed by atoms with Crippen molar-refractivity contribution >= 4 is 11.3 Å². The predicted molar refractivity (Wildman–Crippen MR) is 70.9 cm³/mol. The second-order valence-electron chi connectivity index (χ2n) is 4.66. The summed E-state index contributed by atoms with van der Waals surface area (Å²) < 4.78 is 0. The Morgan fingerprint density at radius 2 is 2.41 bits per heavy atom. The van der Waals surface area contributed by atoms with E-state index >= 15 is 0 Å². The molecule has 17 heavy (non-hydrogen) atoms. The molecule has 4 heteroatoms. The monoisotopic (exact) mass is 247 g/mol. The minimum Gasteiger partial charge on any atom is -0.313 e. The largest absolute Gasteiger partial charge is 0.313 e. The zero-order valence-electron chi connectivity index (χ0n) is 9.78. The number of aromatic nitrogens is 2. The number of nitrogens with one attached hydrogen (secondary N) is 2. The summed E-state index contributed by atoms with van der Waals surface area (Å²) in [6.45, 7) is 2.04. The first-order valence-corrected chi connectivity index (χ1v) is 7.08. The Labute approximate surface area is 105 Å². The molecule has 0 saturated heterocycles. The Bertz CT molecular complexity index is 457. The van der Waals surface area contributed by atoms with Crippen molar-refractivity contribution in [2.24, 2.45) is 5.92 Å². The lowest BCUT2D eigenvalue weighted by atomic mass is 10.2. The first kappa shape index (κ1) is 11.0. The van der Waals surface area contributed by atoms with E-state index in [0.717, 1.165) is 19.0 Å². The minimum atomic E-state index is 0.913. The van der Waals surface area contributed by atoms with Gasteiger partial charge in [-0.2, -0.15) is 5.10 Å². The summed E-state index contributed by atoms with van der Waals surface area (Å²) >= 11 is 1.75. The summed E-state index contributed by atoms with van der Waals surface area (Å²) in [5.41, 5.74) is 2.43. The van der Waals surface area contributed by atoms with E-state index in [1.165, 1.54) is 35.4 Å². The smallest absolute Gasteiger partial charge is 0.0794 e. The van der Waals surface area contributed by atoms with Crippen LogP contribution in [0.15, 0.2) is 23.7 Å². The molecular weight excluding hydrogens is 230 g/mol. The molecular formula is C13H17N3S. The van der Waals surface area contributed by atoms with Crippen molar-refractivity contribution in [2.75, 3.05) is 6.54 Å². The predicted octanol–water partition coefficient (Wildman–Crippen LogP) is 3.03. The molecule has 2 heterocycles. The summed E-state index contributed by atoms with van der Waals surface area (Å²) in [6, 6.07) is 4.21. The molecule has 1 saturated carbocycles. The van der Waals surface area contributed by atoms with Gasteiger partial charge in [0.15, 0.2) is 0 Å². The molecule has 0 unspecified atom stereocenters. The molecule has 2 aromatic rings. The van der Waals surface area contributed by atoms with Crippen LogP contribution in [-0.2, 0) is 6.54 Å². The van der Waals surface area contributed by atoms with Gasteiger partial charge in [0.05, 0.1) is 16.8 Å². The lowest BCUT2D eigenvalue weighted by Crippen LogP contribution is -2.15. The SMILES string of the molecule is c1csc(-c2[nH]ncc2CNCCC2CC2)c1. The van der Waals surface area contributed by atoms with Gasteiger partial charge in [0.1, 0.15) is 0 Å². The fourth-order valence-corrected chi connectivity index (χ4v) is 2.77. The number of thiophene rings is 1. The van der Waals surface area contributed by atoms with Crippen LogP contribution < -0.4 is 5.32 Å².